The van der Waals surface area contributed by atoms with Crippen molar-refractivity contribution in [2.45, 2.75) is 64.8 Å². The molecule has 5 atom stereocenters. The van der Waals surface area contributed by atoms with Crippen molar-refractivity contribution in [3.05, 3.63) is 0 Å². The number of carboxylic acid groups (broad SMARTS) is 1. The van der Waals surface area contributed by atoms with E-state index < -0.39 is 24.2 Å². The van der Waals surface area contributed by atoms with Gasteiger partial charge in [0.25, 0.3) is 0 Å². The van der Waals surface area contributed by atoms with Crippen LogP contribution in [0.4, 0.5) is 0 Å². The van der Waals surface area contributed by atoms with Gasteiger partial charge >= 0.3 is 5.97 Å². The molecule has 4 unspecified atom stereocenters. The molecule has 0 aromatic carbocycles. The van der Waals surface area contributed by atoms with Gasteiger partial charge in [0.2, 0.25) is 11.8 Å². The van der Waals surface area contributed by atoms with E-state index in [2.05, 4.69) is 5.32 Å². The Labute approximate surface area is 156 Å². The van der Waals surface area contributed by atoms with Crippen LogP contribution < -0.4 is 5.32 Å². The van der Waals surface area contributed by atoms with Crippen LogP contribution in [0, 0.1) is 5.92 Å². The van der Waals surface area contributed by atoms with Crippen molar-refractivity contribution in [3.63, 3.8) is 0 Å². The highest BCUT2D eigenvalue weighted by Crippen LogP contribution is 2.22. The van der Waals surface area contributed by atoms with E-state index >= 15 is 0 Å². The van der Waals surface area contributed by atoms with Crippen molar-refractivity contribution in [1.29, 1.82) is 0 Å². The molecule has 0 aliphatic carbocycles. The molecule has 26 heavy (non-hydrogen) atoms. The summed E-state index contributed by atoms with van der Waals surface area (Å²) in [5.41, 5.74) is 0. The van der Waals surface area contributed by atoms with Gasteiger partial charge in [-0.05, 0) is 33.9 Å². The van der Waals surface area contributed by atoms with Crippen molar-refractivity contribution in [2.75, 3.05) is 28.3 Å². The smallest absolute Gasteiger partial charge is 0.306 e. The van der Waals surface area contributed by atoms with Crippen molar-refractivity contribution >= 4 is 17.8 Å². The summed E-state index contributed by atoms with van der Waals surface area (Å²) in [5, 5.41) is 11.9. The molecule has 8 heteroatoms. The maximum absolute atomic E-state index is 12.8. The summed E-state index contributed by atoms with van der Waals surface area (Å²) in [6.45, 7) is 7.32. The Balaban J connectivity index is 5.30. The van der Waals surface area contributed by atoms with Gasteiger partial charge in [-0.3, -0.25) is 19.3 Å². The van der Waals surface area contributed by atoms with Gasteiger partial charge in [0.15, 0.2) is 0 Å². The van der Waals surface area contributed by atoms with Gasteiger partial charge in [0.05, 0.1) is 24.6 Å². The van der Waals surface area contributed by atoms with E-state index in [1.54, 1.807) is 39.9 Å². The van der Waals surface area contributed by atoms with Crippen LogP contribution >= 0.6 is 0 Å². The molecule has 0 heterocycles. The lowest BCUT2D eigenvalue weighted by Gasteiger charge is -2.38. The number of carboxylic acids is 1. The first-order chi connectivity index (χ1) is 12.0. The number of ether oxygens (including phenoxy) is 1. The van der Waals surface area contributed by atoms with Crippen LogP contribution in [0.2, 0.25) is 0 Å². The fourth-order valence-electron chi connectivity index (χ4n) is 2.84. The Hall–Kier alpha value is -1.67. The van der Waals surface area contributed by atoms with Gasteiger partial charge in [-0.15, -0.1) is 0 Å². The summed E-state index contributed by atoms with van der Waals surface area (Å²) >= 11 is 0. The van der Waals surface area contributed by atoms with Gasteiger partial charge < -0.3 is 20.1 Å². The highest BCUT2D eigenvalue weighted by Gasteiger charge is 2.35. The number of hydrogen-bond acceptors (Lipinski definition) is 5. The number of hydrogen-bond donors (Lipinski definition) is 2. The molecule has 0 aromatic heterocycles. The standard InChI is InChI=1S/C18H35N3O5/c1-9-11(2)16(14(26-8)10-15(22)23)21(7)18(25)12(3)19-17(24)13(4)20(5)6/h11-14,16H,9-10H2,1-8H3,(H,19,24)(H,22,23)/t11-,12?,13?,14?,16?/m0/s1. The summed E-state index contributed by atoms with van der Waals surface area (Å²) in [5.74, 6) is -1.45. The van der Waals surface area contributed by atoms with Gasteiger partial charge in [-0.1, -0.05) is 20.3 Å². The van der Waals surface area contributed by atoms with E-state index in [9.17, 15) is 14.4 Å². The lowest BCUT2D eigenvalue weighted by Crippen LogP contribution is -2.56. The van der Waals surface area contributed by atoms with Crippen LogP contribution in [0.5, 0.6) is 0 Å². The molecule has 0 saturated heterocycles. The molecule has 2 N–H and O–H groups in total. The molecule has 0 bridgehead atoms. The first-order valence-electron chi connectivity index (χ1n) is 8.95. The number of nitrogens with one attached hydrogen (secondary N) is 1. The number of methoxy groups -OCH3 is 1. The molecule has 152 valence electrons. The van der Waals surface area contributed by atoms with Gasteiger partial charge in [-0.25, -0.2) is 0 Å². The molecule has 0 radical (unpaired) electrons. The Morgan fingerprint density at radius 3 is 2.04 bits per heavy atom. The number of amides is 2. The Kier molecular flexibility index (Phi) is 10.4. The minimum absolute atomic E-state index is 0.0388. The first-order valence-corrected chi connectivity index (χ1v) is 8.95. The quantitative estimate of drug-likeness (QED) is 0.556. The third-order valence-corrected chi connectivity index (χ3v) is 4.96. The summed E-state index contributed by atoms with van der Waals surface area (Å²) in [6, 6.07) is -1.48. The third-order valence-electron chi connectivity index (χ3n) is 4.96. The Morgan fingerprint density at radius 2 is 1.65 bits per heavy atom. The molecule has 0 rings (SSSR count). The number of rotatable bonds is 11. The summed E-state index contributed by atoms with van der Waals surface area (Å²) < 4.78 is 5.38. The Morgan fingerprint density at radius 1 is 1.12 bits per heavy atom. The van der Waals surface area contributed by atoms with Crippen LogP contribution in [0.25, 0.3) is 0 Å². The highest BCUT2D eigenvalue weighted by atomic mass is 16.5. The van der Waals surface area contributed by atoms with Crippen LogP contribution in [-0.2, 0) is 19.1 Å². The van der Waals surface area contributed by atoms with E-state index in [-0.39, 0.29) is 30.2 Å². The van der Waals surface area contributed by atoms with Crippen LogP contribution in [0.15, 0.2) is 0 Å². The molecule has 0 aliphatic heterocycles. The number of carbonyl (C=O) groups is 3. The molecular weight excluding hydrogens is 338 g/mol. The predicted octanol–water partition coefficient (Wildman–Crippen LogP) is 0.804. The van der Waals surface area contributed by atoms with Gasteiger partial charge in [-0.2, -0.15) is 0 Å². The second-order valence-electron chi connectivity index (χ2n) is 7.07. The molecule has 0 saturated carbocycles. The first kappa shape index (κ1) is 24.3. The molecule has 2 amide bonds. The van der Waals surface area contributed by atoms with Crippen molar-refractivity contribution in [1.82, 2.24) is 15.1 Å². The van der Waals surface area contributed by atoms with Crippen molar-refractivity contribution in [2.24, 2.45) is 5.92 Å². The predicted molar refractivity (Wildman–Crippen MR) is 99.8 cm³/mol. The number of aliphatic carboxylic acids is 1. The molecule has 0 aromatic rings. The van der Waals surface area contributed by atoms with Gasteiger partial charge in [0.1, 0.15) is 6.04 Å². The van der Waals surface area contributed by atoms with E-state index in [1.807, 2.05) is 13.8 Å². The second-order valence-corrected chi connectivity index (χ2v) is 7.07. The van der Waals surface area contributed by atoms with E-state index in [0.29, 0.717) is 0 Å². The van der Waals surface area contributed by atoms with Crippen molar-refractivity contribution < 1.29 is 24.2 Å². The zero-order valence-electron chi connectivity index (χ0n) is 17.3. The lowest BCUT2D eigenvalue weighted by molar-refractivity contribution is -0.147. The molecule has 0 spiro atoms. The Bertz CT molecular complexity index is 483. The fraction of sp³-hybridized carbons (Fsp3) is 0.833. The molecule has 0 aliphatic rings. The highest BCUT2D eigenvalue weighted by molar-refractivity contribution is 5.89. The number of nitrogens with zero attached hydrogens (tertiary/aromatic N) is 2. The minimum atomic E-state index is -0.979. The van der Waals surface area contributed by atoms with Crippen molar-refractivity contribution in [3.8, 4) is 0 Å². The SMILES string of the molecule is CC[C@H](C)C(C(CC(=O)O)OC)N(C)C(=O)C(C)NC(=O)C(C)N(C)C. The second kappa shape index (κ2) is 11.1. The van der Waals surface area contributed by atoms with Gasteiger partial charge in [0, 0.05) is 14.2 Å². The minimum Gasteiger partial charge on any atom is -0.481 e. The van der Waals surface area contributed by atoms with Crippen LogP contribution in [0.1, 0.15) is 40.5 Å². The summed E-state index contributed by atoms with van der Waals surface area (Å²) in [6.07, 6.45) is -0.0539. The van der Waals surface area contributed by atoms with Crippen LogP contribution in [-0.4, -0.2) is 85.2 Å². The maximum atomic E-state index is 12.8. The fourth-order valence-corrected chi connectivity index (χ4v) is 2.84. The van der Waals surface area contributed by atoms with Crippen LogP contribution in [0.3, 0.4) is 0 Å². The van der Waals surface area contributed by atoms with E-state index in [1.165, 1.54) is 12.0 Å². The number of likely N-dealkylation sites (N-methyl/N-ethyl adjacent to an activating group) is 2. The maximum Gasteiger partial charge on any atom is 0.306 e. The largest absolute Gasteiger partial charge is 0.481 e. The lowest BCUT2D eigenvalue weighted by atomic mass is 9.91. The monoisotopic (exact) mass is 373 g/mol. The van der Waals surface area contributed by atoms with E-state index in [4.69, 9.17) is 9.84 Å². The zero-order valence-corrected chi connectivity index (χ0v) is 17.3. The normalized spacial score (nSPS) is 17.1. The summed E-state index contributed by atoms with van der Waals surface area (Å²) in [7, 11) is 6.66. The molecular formula is C18H35N3O5. The van der Waals surface area contributed by atoms with E-state index in [0.717, 1.165) is 6.42 Å². The topological polar surface area (TPSA) is 99.2 Å². The average Bonchev–Trinajstić information content (AvgIpc) is 2.58. The zero-order chi connectivity index (χ0) is 20.6. The third kappa shape index (κ3) is 6.92. The number of carbonyl (C=O) groups excluding carboxylic acids is 2. The molecule has 0 fully saturated rings. The summed E-state index contributed by atoms with van der Waals surface area (Å²) in [4.78, 5) is 39.4. The average molecular weight is 373 g/mol. The molecule has 8 nitrogen and oxygen atoms in total.